The molecule has 1 aromatic carbocycles. The van der Waals surface area contributed by atoms with Crippen molar-refractivity contribution in [2.45, 2.75) is 33.2 Å². The molecule has 0 aliphatic carbocycles. The van der Waals surface area contributed by atoms with Gasteiger partial charge in [0.2, 0.25) is 5.91 Å². The third-order valence-corrected chi connectivity index (χ3v) is 6.11. The number of aromatic nitrogens is 2. The number of pyridine rings is 2. The van der Waals surface area contributed by atoms with Crippen LogP contribution in [-0.2, 0) is 17.8 Å². The first kappa shape index (κ1) is 22.2. The summed E-state index contributed by atoms with van der Waals surface area (Å²) >= 11 is 0. The summed E-state index contributed by atoms with van der Waals surface area (Å²) < 4.78 is 0. The maximum absolute atomic E-state index is 13.5. The predicted octanol–water partition coefficient (Wildman–Crippen LogP) is 4.37. The van der Waals surface area contributed by atoms with Crippen molar-refractivity contribution in [2.24, 2.45) is 5.92 Å². The van der Waals surface area contributed by atoms with Gasteiger partial charge >= 0.3 is 0 Å². The van der Waals surface area contributed by atoms with Gasteiger partial charge in [-0.05, 0) is 49.1 Å². The second-order valence-corrected chi connectivity index (χ2v) is 8.63. The van der Waals surface area contributed by atoms with Crippen molar-refractivity contribution in [1.82, 2.24) is 19.8 Å². The highest BCUT2D eigenvalue weighted by Gasteiger charge is 2.30. The molecule has 1 saturated heterocycles. The Morgan fingerprint density at radius 2 is 1.91 bits per heavy atom. The van der Waals surface area contributed by atoms with Crippen LogP contribution in [0.3, 0.4) is 0 Å². The SMILES string of the molecule is CCCN1CCN(Cc2cccc(C)n2)CC(Cc2ccccc2-c2cccnc2)C1=O. The number of carbonyl (C=O) groups excluding carboxylic acids is 1. The zero-order valence-electron chi connectivity index (χ0n) is 19.1. The standard InChI is InChI=1S/C27H32N4O/c1-3-14-31-16-15-30(20-25-11-6-8-21(2)29-25)19-24(27(31)32)17-22-9-4-5-12-26(22)23-10-7-13-28-18-23/h4-13,18,24H,3,14-17,19-20H2,1-2H3. The summed E-state index contributed by atoms with van der Waals surface area (Å²) in [5.74, 6) is 0.194. The molecule has 1 amide bonds. The number of rotatable bonds is 7. The third-order valence-electron chi connectivity index (χ3n) is 6.11. The highest BCUT2D eigenvalue weighted by atomic mass is 16.2. The van der Waals surface area contributed by atoms with Crippen LogP contribution in [-0.4, -0.2) is 51.9 Å². The molecule has 0 spiro atoms. The van der Waals surface area contributed by atoms with Crippen LogP contribution < -0.4 is 0 Å². The average Bonchev–Trinajstić information content (AvgIpc) is 2.94. The van der Waals surface area contributed by atoms with E-state index in [4.69, 9.17) is 0 Å². The molecule has 1 aliphatic heterocycles. The Bertz CT molecular complexity index is 1040. The summed E-state index contributed by atoms with van der Waals surface area (Å²) in [6.07, 6.45) is 5.39. The van der Waals surface area contributed by atoms with Crippen LogP contribution in [0.5, 0.6) is 0 Å². The molecule has 1 aliphatic rings. The van der Waals surface area contributed by atoms with Gasteiger partial charge in [-0.3, -0.25) is 19.7 Å². The van der Waals surface area contributed by atoms with Crippen molar-refractivity contribution in [3.05, 3.63) is 83.9 Å². The van der Waals surface area contributed by atoms with Crippen LogP contribution in [0.4, 0.5) is 0 Å². The van der Waals surface area contributed by atoms with Crippen LogP contribution in [0.25, 0.3) is 11.1 Å². The third kappa shape index (κ3) is 5.40. The molecule has 5 nitrogen and oxygen atoms in total. The molecule has 4 rings (SSSR count). The molecule has 0 radical (unpaired) electrons. The van der Waals surface area contributed by atoms with Gasteiger partial charge in [-0.1, -0.05) is 43.3 Å². The lowest BCUT2D eigenvalue weighted by Gasteiger charge is -2.24. The van der Waals surface area contributed by atoms with Gasteiger partial charge in [0.1, 0.15) is 0 Å². The summed E-state index contributed by atoms with van der Waals surface area (Å²) in [7, 11) is 0. The van der Waals surface area contributed by atoms with Gasteiger partial charge in [0, 0.05) is 56.4 Å². The highest BCUT2D eigenvalue weighted by Crippen LogP contribution is 2.27. The molecule has 0 bridgehead atoms. The zero-order chi connectivity index (χ0) is 22.3. The van der Waals surface area contributed by atoms with E-state index in [0.29, 0.717) is 0 Å². The molecule has 1 atom stereocenters. The van der Waals surface area contributed by atoms with Crippen LogP contribution in [0.1, 0.15) is 30.3 Å². The van der Waals surface area contributed by atoms with Crippen molar-refractivity contribution in [1.29, 1.82) is 0 Å². The molecule has 3 aromatic rings. The maximum atomic E-state index is 13.5. The number of benzene rings is 1. The topological polar surface area (TPSA) is 49.3 Å². The Hall–Kier alpha value is -3.05. The first-order valence-corrected chi connectivity index (χ1v) is 11.6. The fraction of sp³-hybridized carbons (Fsp3) is 0.370. The van der Waals surface area contributed by atoms with Gasteiger partial charge in [-0.2, -0.15) is 0 Å². The van der Waals surface area contributed by atoms with E-state index in [2.05, 4.69) is 69.2 Å². The lowest BCUT2D eigenvalue weighted by Crippen LogP contribution is -2.37. The molecule has 3 heterocycles. The van der Waals surface area contributed by atoms with E-state index >= 15 is 0 Å². The second kappa shape index (κ2) is 10.5. The Morgan fingerprint density at radius 1 is 1.03 bits per heavy atom. The van der Waals surface area contributed by atoms with Gasteiger partial charge in [-0.25, -0.2) is 0 Å². The van der Waals surface area contributed by atoms with E-state index in [-0.39, 0.29) is 11.8 Å². The summed E-state index contributed by atoms with van der Waals surface area (Å²) in [4.78, 5) is 26.9. The van der Waals surface area contributed by atoms with E-state index in [0.717, 1.165) is 68.1 Å². The highest BCUT2D eigenvalue weighted by molar-refractivity contribution is 5.80. The Balaban J connectivity index is 1.59. The van der Waals surface area contributed by atoms with E-state index in [9.17, 15) is 4.79 Å². The Labute approximate surface area is 191 Å². The lowest BCUT2D eigenvalue weighted by atomic mass is 9.91. The number of carbonyl (C=O) groups is 1. The molecule has 5 heteroatoms. The molecule has 1 fully saturated rings. The largest absolute Gasteiger partial charge is 0.341 e. The van der Waals surface area contributed by atoms with Gasteiger partial charge in [0.05, 0.1) is 11.6 Å². The molecule has 1 unspecified atom stereocenters. The predicted molar refractivity (Wildman–Crippen MR) is 128 cm³/mol. The smallest absolute Gasteiger partial charge is 0.227 e. The van der Waals surface area contributed by atoms with Crippen LogP contribution in [0.2, 0.25) is 0 Å². The fourth-order valence-electron chi connectivity index (χ4n) is 4.58. The van der Waals surface area contributed by atoms with Crippen molar-refractivity contribution in [3.8, 4) is 11.1 Å². The molecule has 32 heavy (non-hydrogen) atoms. The summed E-state index contributed by atoms with van der Waals surface area (Å²) in [6, 6.07) is 18.6. The minimum atomic E-state index is -0.0771. The Morgan fingerprint density at radius 3 is 2.69 bits per heavy atom. The Kier molecular flexibility index (Phi) is 7.28. The van der Waals surface area contributed by atoms with Gasteiger partial charge in [-0.15, -0.1) is 0 Å². The normalized spacial score (nSPS) is 17.4. The minimum Gasteiger partial charge on any atom is -0.341 e. The van der Waals surface area contributed by atoms with Crippen molar-refractivity contribution >= 4 is 5.91 Å². The zero-order valence-corrected chi connectivity index (χ0v) is 19.1. The maximum Gasteiger partial charge on any atom is 0.227 e. The number of aryl methyl sites for hydroxylation is 1. The molecule has 2 aromatic heterocycles. The summed E-state index contributed by atoms with van der Waals surface area (Å²) in [5.41, 5.74) is 5.55. The molecule has 166 valence electrons. The van der Waals surface area contributed by atoms with Crippen molar-refractivity contribution in [2.75, 3.05) is 26.2 Å². The van der Waals surface area contributed by atoms with Crippen LogP contribution in [0.15, 0.2) is 67.0 Å². The summed E-state index contributed by atoms with van der Waals surface area (Å²) in [5, 5.41) is 0. The van der Waals surface area contributed by atoms with E-state index in [1.165, 1.54) is 5.56 Å². The molecular formula is C27H32N4O. The summed E-state index contributed by atoms with van der Waals surface area (Å²) in [6.45, 7) is 8.15. The lowest BCUT2D eigenvalue weighted by molar-refractivity contribution is -0.134. The molecule has 0 N–H and O–H groups in total. The quantitative estimate of drug-likeness (QED) is 0.561. The van der Waals surface area contributed by atoms with Gasteiger partial charge < -0.3 is 4.90 Å². The van der Waals surface area contributed by atoms with Crippen LogP contribution >= 0.6 is 0 Å². The van der Waals surface area contributed by atoms with Gasteiger partial charge in [0.25, 0.3) is 0 Å². The van der Waals surface area contributed by atoms with E-state index in [1.54, 1.807) is 6.20 Å². The second-order valence-electron chi connectivity index (χ2n) is 8.63. The first-order chi connectivity index (χ1) is 15.6. The fourth-order valence-corrected chi connectivity index (χ4v) is 4.58. The van der Waals surface area contributed by atoms with Gasteiger partial charge in [0.15, 0.2) is 0 Å². The van der Waals surface area contributed by atoms with Crippen LogP contribution in [0, 0.1) is 12.8 Å². The monoisotopic (exact) mass is 428 g/mol. The number of nitrogens with zero attached hydrogens (tertiary/aromatic N) is 4. The minimum absolute atomic E-state index is 0.0771. The van der Waals surface area contributed by atoms with Crippen molar-refractivity contribution in [3.63, 3.8) is 0 Å². The first-order valence-electron chi connectivity index (χ1n) is 11.6. The van der Waals surface area contributed by atoms with E-state index < -0.39 is 0 Å². The number of hydrogen-bond donors (Lipinski definition) is 0. The molecule has 0 saturated carbocycles. The van der Waals surface area contributed by atoms with Crippen molar-refractivity contribution < 1.29 is 4.79 Å². The molecular weight excluding hydrogens is 396 g/mol. The van der Waals surface area contributed by atoms with E-state index in [1.807, 2.05) is 25.3 Å². The average molecular weight is 429 g/mol. The number of amides is 1. The number of hydrogen-bond acceptors (Lipinski definition) is 4.